The lowest BCUT2D eigenvalue weighted by atomic mass is 10.1. The third-order valence-corrected chi connectivity index (χ3v) is 4.68. The summed E-state index contributed by atoms with van der Waals surface area (Å²) < 4.78 is 21.7. The smallest absolute Gasteiger partial charge is 0.136 e. The van der Waals surface area contributed by atoms with Crippen LogP contribution in [0.3, 0.4) is 0 Å². The highest BCUT2D eigenvalue weighted by molar-refractivity contribution is 5.65. The monoisotopic (exact) mass is 391 g/mol. The van der Waals surface area contributed by atoms with Crippen molar-refractivity contribution in [2.75, 3.05) is 14.2 Å². The van der Waals surface area contributed by atoms with Crippen LogP contribution in [0, 0.1) is 5.82 Å². The fourth-order valence-electron chi connectivity index (χ4n) is 3.29. The summed E-state index contributed by atoms with van der Waals surface area (Å²) >= 11 is 0. The summed E-state index contributed by atoms with van der Waals surface area (Å²) in [6.07, 6.45) is 3.69. The Morgan fingerprint density at radius 3 is 2.62 bits per heavy atom. The normalized spacial score (nSPS) is 11.2. The van der Waals surface area contributed by atoms with E-state index in [0.717, 1.165) is 16.9 Å². The van der Waals surface area contributed by atoms with Gasteiger partial charge in [-0.25, -0.2) is 9.07 Å². The van der Waals surface area contributed by atoms with Crippen LogP contribution >= 0.6 is 0 Å². The molecule has 29 heavy (non-hydrogen) atoms. The molecule has 0 aliphatic carbocycles. The van der Waals surface area contributed by atoms with Gasteiger partial charge in [-0.05, 0) is 37.4 Å². The number of H-pyrrole nitrogens is 1. The fourth-order valence-corrected chi connectivity index (χ4v) is 3.29. The zero-order chi connectivity index (χ0) is 20.2. The standard InChI is InChI=1S/C22H22FN5O/c1-27(15-17-10-11-24-25-17)13-16-14-28(18-6-4-3-5-7-18)26-22(16)20-9-8-19(29-2)12-21(20)23/h3-12,14H,13,15H2,1-2H3,(H,24,25). The van der Waals surface area contributed by atoms with Gasteiger partial charge < -0.3 is 4.74 Å². The van der Waals surface area contributed by atoms with Gasteiger partial charge in [0.15, 0.2) is 0 Å². The second-order valence-corrected chi connectivity index (χ2v) is 6.88. The number of para-hydroxylation sites is 1. The maximum Gasteiger partial charge on any atom is 0.136 e. The molecule has 2 aromatic heterocycles. The van der Waals surface area contributed by atoms with Crippen molar-refractivity contribution in [2.45, 2.75) is 13.1 Å². The van der Waals surface area contributed by atoms with E-state index in [-0.39, 0.29) is 5.82 Å². The first-order valence-electron chi connectivity index (χ1n) is 9.28. The van der Waals surface area contributed by atoms with Gasteiger partial charge in [0.1, 0.15) is 17.3 Å². The molecule has 0 fully saturated rings. The molecule has 0 atom stereocenters. The molecule has 0 bridgehead atoms. The molecule has 0 aliphatic heterocycles. The number of nitrogens with zero attached hydrogens (tertiary/aromatic N) is 4. The number of rotatable bonds is 7. The van der Waals surface area contributed by atoms with E-state index in [2.05, 4.69) is 15.1 Å². The molecule has 0 unspecified atom stereocenters. The molecule has 0 saturated heterocycles. The number of aromatic nitrogens is 4. The molecule has 6 nitrogen and oxygen atoms in total. The Morgan fingerprint density at radius 1 is 1.10 bits per heavy atom. The topological polar surface area (TPSA) is 59.0 Å². The summed E-state index contributed by atoms with van der Waals surface area (Å²) in [5.41, 5.74) is 3.93. The van der Waals surface area contributed by atoms with E-state index in [4.69, 9.17) is 9.84 Å². The largest absolute Gasteiger partial charge is 0.497 e. The van der Waals surface area contributed by atoms with Crippen LogP contribution in [0.2, 0.25) is 0 Å². The van der Waals surface area contributed by atoms with Crippen LogP contribution in [0.25, 0.3) is 16.9 Å². The lowest BCUT2D eigenvalue weighted by molar-refractivity contribution is 0.315. The van der Waals surface area contributed by atoms with Crippen molar-refractivity contribution in [3.05, 3.63) is 84.1 Å². The van der Waals surface area contributed by atoms with Crippen molar-refractivity contribution < 1.29 is 9.13 Å². The van der Waals surface area contributed by atoms with Crippen LogP contribution in [-0.4, -0.2) is 39.0 Å². The minimum absolute atomic E-state index is 0.361. The van der Waals surface area contributed by atoms with E-state index in [1.165, 1.54) is 13.2 Å². The van der Waals surface area contributed by atoms with Gasteiger partial charge in [0, 0.05) is 48.4 Å². The number of methoxy groups -OCH3 is 1. The average molecular weight is 391 g/mol. The highest BCUT2D eigenvalue weighted by Crippen LogP contribution is 2.29. The summed E-state index contributed by atoms with van der Waals surface area (Å²) in [6.45, 7) is 1.30. The highest BCUT2D eigenvalue weighted by Gasteiger charge is 2.18. The zero-order valence-corrected chi connectivity index (χ0v) is 16.3. The zero-order valence-electron chi connectivity index (χ0n) is 16.3. The van der Waals surface area contributed by atoms with E-state index in [9.17, 15) is 4.39 Å². The predicted octanol–water partition coefficient (Wildman–Crippen LogP) is 4.04. The van der Waals surface area contributed by atoms with Gasteiger partial charge in [0.2, 0.25) is 0 Å². The van der Waals surface area contributed by atoms with Gasteiger partial charge in [-0.1, -0.05) is 18.2 Å². The molecular formula is C22H22FN5O. The van der Waals surface area contributed by atoms with Crippen LogP contribution < -0.4 is 4.74 Å². The lowest BCUT2D eigenvalue weighted by Crippen LogP contribution is -2.17. The first-order chi connectivity index (χ1) is 14.1. The molecule has 0 radical (unpaired) electrons. The van der Waals surface area contributed by atoms with Gasteiger partial charge in [0.05, 0.1) is 12.8 Å². The molecule has 0 amide bonds. The Kier molecular flexibility index (Phi) is 5.39. The molecule has 0 aliphatic rings. The van der Waals surface area contributed by atoms with Crippen molar-refractivity contribution in [1.29, 1.82) is 0 Å². The van der Waals surface area contributed by atoms with Crippen molar-refractivity contribution in [3.63, 3.8) is 0 Å². The fraction of sp³-hybridized carbons (Fsp3) is 0.182. The minimum atomic E-state index is -0.361. The van der Waals surface area contributed by atoms with E-state index in [0.29, 0.717) is 30.1 Å². The summed E-state index contributed by atoms with van der Waals surface area (Å²) in [7, 11) is 3.53. The van der Waals surface area contributed by atoms with Crippen LogP contribution in [0.5, 0.6) is 5.75 Å². The Morgan fingerprint density at radius 2 is 1.93 bits per heavy atom. The Bertz CT molecular complexity index is 1080. The quantitative estimate of drug-likeness (QED) is 0.517. The van der Waals surface area contributed by atoms with E-state index < -0.39 is 0 Å². The maximum atomic E-state index is 14.8. The second-order valence-electron chi connectivity index (χ2n) is 6.88. The molecule has 7 heteroatoms. The minimum Gasteiger partial charge on any atom is -0.497 e. The second kappa shape index (κ2) is 8.28. The highest BCUT2D eigenvalue weighted by atomic mass is 19.1. The predicted molar refractivity (Wildman–Crippen MR) is 109 cm³/mol. The summed E-state index contributed by atoms with van der Waals surface area (Å²) in [6, 6.07) is 16.6. The van der Waals surface area contributed by atoms with Gasteiger partial charge in [-0.2, -0.15) is 10.2 Å². The maximum absolute atomic E-state index is 14.8. The molecule has 1 N–H and O–H groups in total. The van der Waals surface area contributed by atoms with Crippen molar-refractivity contribution >= 4 is 0 Å². The lowest BCUT2D eigenvalue weighted by Gasteiger charge is -2.15. The number of aromatic amines is 1. The van der Waals surface area contributed by atoms with Gasteiger partial charge >= 0.3 is 0 Å². The molecule has 0 spiro atoms. The number of ether oxygens (including phenoxy) is 1. The SMILES string of the molecule is COc1ccc(-c2nn(-c3ccccc3)cc2CN(C)Cc2ccn[nH]2)c(F)c1. The first-order valence-corrected chi connectivity index (χ1v) is 9.28. The van der Waals surface area contributed by atoms with Crippen molar-refractivity contribution in [3.8, 4) is 22.7 Å². The van der Waals surface area contributed by atoms with Gasteiger partial charge in [-0.3, -0.25) is 10.00 Å². The average Bonchev–Trinajstić information content (AvgIpc) is 3.38. The molecule has 2 aromatic carbocycles. The molecule has 4 rings (SSSR count). The third-order valence-electron chi connectivity index (χ3n) is 4.68. The Labute approximate surface area is 168 Å². The van der Waals surface area contributed by atoms with Gasteiger partial charge in [0.25, 0.3) is 0 Å². The molecule has 4 aromatic rings. The number of nitrogens with one attached hydrogen (secondary N) is 1. The first kappa shape index (κ1) is 18.9. The summed E-state index contributed by atoms with van der Waals surface area (Å²) in [5, 5.41) is 11.7. The molecule has 148 valence electrons. The van der Waals surface area contributed by atoms with Crippen LogP contribution in [0.1, 0.15) is 11.3 Å². The third kappa shape index (κ3) is 4.20. The molecule has 2 heterocycles. The molecule has 0 saturated carbocycles. The van der Waals surface area contributed by atoms with E-state index in [1.807, 2.05) is 49.6 Å². The van der Waals surface area contributed by atoms with Crippen LogP contribution in [0.4, 0.5) is 4.39 Å². The van der Waals surface area contributed by atoms with Crippen LogP contribution in [-0.2, 0) is 13.1 Å². The van der Waals surface area contributed by atoms with Gasteiger partial charge in [-0.15, -0.1) is 0 Å². The van der Waals surface area contributed by atoms with Crippen molar-refractivity contribution in [2.24, 2.45) is 0 Å². The number of halogens is 1. The summed E-state index contributed by atoms with van der Waals surface area (Å²) in [4.78, 5) is 2.13. The van der Waals surface area contributed by atoms with E-state index in [1.54, 1.807) is 23.0 Å². The molecular weight excluding hydrogens is 369 g/mol. The van der Waals surface area contributed by atoms with Crippen molar-refractivity contribution in [1.82, 2.24) is 24.9 Å². The number of hydrogen-bond acceptors (Lipinski definition) is 4. The Hall–Kier alpha value is -3.45. The number of hydrogen-bond donors (Lipinski definition) is 1. The Balaban J connectivity index is 1.71. The number of benzene rings is 2. The van der Waals surface area contributed by atoms with E-state index >= 15 is 0 Å². The summed E-state index contributed by atoms with van der Waals surface area (Å²) in [5.74, 6) is 0.117. The van der Waals surface area contributed by atoms with Crippen LogP contribution in [0.15, 0.2) is 67.0 Å².